The zero-order valence-electron chi connectivity index (χ0n) is 20.8. The van der Waals surface area contributed by atoms with Gasteiger partial charge in [-0.1, -0.05) is 0 Å². The van der Waals surface area contributed by atoms with Gasteiger partial charge in [-0.25, -0.2) is 17.7 Å². The molecular weight excluding hydrogens is 494 g/mol. The highest BCUT2D eigenvalue weighted by Crippen LogP contribution is 2.32. The lowest BCUT2D eigenvalue weighted by atomic mass is 9.90. The van der Waals surface area contributed by atoms with Crippen LogP contribution in [-0.2, 0) is 14.8 Å². The summed E-state index contributed by atoms with van der Waals surface area (Å²) in [4.78, 5) is 26.6. The van der Waals surface area contributed by atoms with E-state index in [2.05, 4.69) is 15.2 Å². The number of nitrogens with zero attached hydrogens (tertiary/aromatic N) is 4. The van der Waals surface area contributed by atoms with Crippen molar-refractivity contribution in [3.63, 3.8) is 0 Å². The molecule has 37 heavy (non-hydrogen) atoms. The summed E-state index contributed by atoms with van der Waals surface area (Å²) in [6.07, 6.45) is 7.51. The summed E-state index contributed by atoms with van der Waals surface area (Å²) >= 11 is 0. The lowest BCUT2D eigenvalue weighted by molar-refractivity contribution is 0.0726. The highest BCUT2D eigenvalue weighted by molar-refractivity contribution is 7.89. The van der Waals surface area contributed by atoms with E-state index in [1.54, 1.807) is 22.8 Å². The van der Waals surface area contributed by atoms with Crippen molar-refractivity contribution in [1.29, 1.82) is 0 Å². The number of carbonyl (C=O) groups excluding carboxylic acids is 2. The molecule has 1 N–H and O–H groups in total. The molecule has 2 amide bonds. The molecular formula is C26H31N5O5S. The number of likely N-dealkylation sites (tertiary alicyclic amines) is 1. The van der Waals surface area contributed by atoms with E-state index < -0.39 is 16.1 Å². The first-order chi connectivity index (χ1) is 17.9. The highest BCUT2D eigenvalue weighted by atomic mass is 32.2. The zero-order valence-corrected chi connectivity index (χ0v) is 21.6. The first kappa shape index (κ1) is 25.2. The van der Waals surface area contributed by atoms with Crippen LogP contribution in [0.15, 0.2) is 53.7 Å². The molecule has 0 bridgehead atoms. The Morgan fingerprint density at radius 1 is 1.00 bits per heavy atom. The van der Waals surface area contributed by atoms with Crippen LogP contribution in [0.2, 0.25) is 0 Å². The quantitative estimate of drug-likeness (QED) is 0.543. The van der Waals surface area contributed by atoms with E-state index in [0.717, 1.165) is 43.4 Å². The van der Waals surface area contributed by atoms with Crippen LogP contribution in [0.25, 0.3) is 5.52 Å². The third kappa shape index (κ3) is 5.19. The Kier molecular flexibility index (Phi) is 7.16. The SMILES string of the molecule is COC(=O)Nc1ccc(S(=O)(=O)N2CCC(c3ccn4ncc(C(=O)N5CCCCC5)c4c3)CC2)cc1. The number of aromatic nitrogens is 2. The van der Waals surface area contributed by atoms with Crippen molar-refractivity contribution in [1.82, 2.24) is 18.8 Å². The van der Waals surface area contributed by atoms with Crippen LogP contribution in [-0.4, -0.2) is 72.5 Å². The molecule has 0 aliphatic carbocycles. The van der Waals surface area contributed by atoms with E-state index in [0.29, 0.717) is 37.2 Å². The zero-order chi connectivity index (χ0) is 26.0. The van der Waals surface area contributed by atoms with E-state index >= 15 is 0 Å². The number of ether oxygens (including phenoxy) is 1. The van der Waals surface area contributed by atoms with Crippen molar-refractivity contribution in [3.8, 4) is 0 Å². The van der Waals surface area contributed by atoms with Gasteiger partial charge in [0.05, 0.1) is 29.3 Å². The normalized spacial score (nSPS) is 17.6. The number of nitrogens with one attached hydrogen (secondary N) is 1. The summed E-state index contributed by atoms with van der Waals surface area (Å²) < 4.78 is 34.2. The molecule has 4 heterocycles. The van der Waals surface area contributed by atoms with Crippen LogP contribution in [0.1, 0.15) is 53.9 Å². The van der Waals surface area contributed by atoms with Crippen LogP contribution < -0.4 is 5.32 Å². The van der Waals surface area contributed by atoms with Crippen LogP contribution in [0, 0.1) is 0 Å². The second kappa shape index (κ2) is 10.5. The molecule has 196 valence electrons. The minimum atomic E-state index is -3.65. The maximum Gasteiger partial charge on any atom is 0.411 e. The first-order valence-electron chi connectivity index (χ1n) is 12.6. The summed E-state index contributed by atoms with van der Waals surface area (Å²) in [7, 11) is -2.39. The number of sulfonamides is 1. The van der Waals surface area contributed by atoms with Crippen LogP contribution in [0.3, 0.4) is 0 Å². The number of methoxy groups -OCH3 is 1. The Hall–Kier alpha value is -3.44. The van der Waals surface area contributed by atoms with Gasteiger partial charge in [-0.05, 0) is 80.0 Å². The predicted molar refractivity (Wildman–Crippen MR) is 138 cm³/mol. The van der Waals surface area contributed by atoms with Gasteiger partial charge in [0.1, 0.15) is 0 Å². The van der Waals surface area contributed by atoms with Gasteiger partial charge < -0.3 is 9.64 Å². The van der Waals surface area contributed by atoms with E-state index in [1.165, 1.54) is 23.5 Å². The van der Waals surface area contributed by atoms with Gasteiger partial charge in [-0.2, -0.15) is 9.40 Å². The second-order valence-electron chi connectivity index (χ2n) is 9.52. The van der Waals surface area contributed by atoms with Gasteiger partial charge in [0.25, 0.3) is 5.91 Å². The summed E-state index contributed by atoms with van der Waals surface area (Å²) in [5.74, 6) is 0.219. The molecule has 0 spiro atoms. The molecule has 0 radical (unpaired) electrons. The van der Waals surface area contributed by atoms with Crippen LogP contribution in [0.4, 0.5) is 10.5 Å². The van der Waals surface area contributed by atoms with Gasteiger partial charge >= 0.3 is 6.09 Å². The average Bonchev–Trinajstić information content (AvgIpc) is 3.37. The van der Waals surface area contributed by atoms with Gasteiger partial charge in [-0.3, -0.25) is 10.1 Å². The summed E-state index contributed by atoms with van der Waals surface area (Å²) in [6.45, 7) is 2.37. The Morgan fingerprint density at radius 3 is 2.38 bits per heavy atom. The smallest absolute Gasteiger partial charge is 0.411 e. The first-order valence-corrected chi connectivity index (χ1v) is 14.0. The third-order valence-corrected chi connectivity index (χ3v) is 9.18. The maximum atomic E-state index is 13.2. The molecule has 11 heteroatoms. The van der Waals surface area contributed by atoms with Crippen molar-refractivity contribution in [2.45, 2.75) is 42.9 Å². The summed E-state index contributed by atoms with van der Waals surface area (Å²) in [6, 6.07) is 10.1. The minimum Gasteiger partial charge on any atom is -0.453 e. The van der Waals surface area contributed by atoms with Crippen molar-refractivity contribution in [2.24, 2.45) is 0 Å². The fourth-order valence-electron chi connectivity index (χ4n) is 5.14. The maximum absolute atomic E-state index is 13.2. The fraction of sp³-hybridized carbons (Fsp3) is 0.423. The van der Waals surface area contributed by atoms with Crippen LogP contribution >= 0.6 is 0 Å². The molecule has 5 rings (SSSR count). The Bertz CT molecular complexity index is 1390. The standard InChI is InChI=1S/C26H31N5O5S/c1-36-26(33)28-21-5-7-22(8-6-21)37(34,35)30-14-9-19(10-15-30)20-11-16-31-24(17-20)23(18-27-31)25(32)29-12-3-2-4-13-29/h5-8,11,16-19H,2-4,9-10,12-15H2,1H3,(H,28,33). The largest absolute Gasteiger partial charge is 0.453 e. The molecule has 0 unspecified atom stereocenters. The predicted octanol–water partition coefficient (Wildman–Crippen LogP) is 3.71. The van der Waals surface area contributed by atoms with Crippen LogP contribution in [0.5, 0.6) is 0 Å². The van der Waals surface area contributed by atoms with Gasteiger partial charge in [0, 0.05) is 38.1 Å². The number of hydrogen-bond acceptors (Lipinski definition) is 6. The molecule has 2 saturated heterocycles. The number of fused-ring (bicyclic) bond motifs is 1. The average molecular weight is 526 g/mol. The van der Waals surface area contributed by atoms with E-state index in [-0.39, 0.29) is 16.7 Å². The molecule has 1 aromatic carbocycles. The number of rotatable bonds is 5. The number of hydrogen-bond donors (Lipinski definition) is 1. The number of piperidine rings is 2. The summed E-state index contributed by atoms with van der Waals surface area (Å²) in [5.41, 5.74) is 2.96. The van der Waals surface area contributed by atoms with E-state index in [9.17, 15) is 18.0 Å². The Labute approximate surface area is 216 Å². The number of benzene rings is 1. The van der Waals surface area contributed by atoms with Crippen molar-refractivity contribution >= 4 is 33.2 Å². The second-order valence-corrected chi connectivity index (χ2v) is 11.5. The lowest BCUT2D eigenvalue weighted by Gasteiger charge is -2.31. The molecule has 0 saturated carbocycles. The number of pyridine rings is 1. The summed E-state index contributed by atoms with van der Waals surface area (Å²) in [5, 5.41) is 6.89. The van der Waals surface area contributed by atoms with Crippen molar-refractivity contribution in [3.05, 3.63) is 59.9 Å². The Balaban J connectivity index is 1.27. The molecule has 10 nitrogen and oxygen atoms in total. The molecule has 0 atom stereocenters. The molecule has 2 fully saturated rings. The number of anilines is 1. The van der Waals surface area contributed by atoms with Gasteiger partial charge in [0.15, 0.2) is 0 Å². The Morgan fingerprint density at radius 2 is 1.70 bits per heavy atom. The van der Waals surface area contributed by atoms with Gasteiger partial charge in [0.2, 0.25) is 10.0 Å². The van der Waals surface area contributed by atoms with E-state index in [4.69, 9.17) is 0 Å². The van der Waals surface area contributed by atoms with E-state index in [1.807, 2.05) is 23.2 Å². The number of amides is 2. The topological polar surface area (TPSA) is 113 Å². The van der Waals surface area contributed by atoms with Crippen molar-refractivity contribution < 1.29 is 22.7 Å². The molecule has 2 aromatic heterocycles. The number of carbonyl (C=O) groups is 2. The molecule has 2 aliphatic heterocycles. The highest BCUT2D eigenvalue weighted by Gasteiger charge is 2.30. The minimum absolute atomic E-state index is 0.0283. The third-order valence-electron chi connectivity index (χ3n) is 7.27. The molecule has 2 aliphatic rings. The molecule has 3 aromatic rings. The monoisotopic (exact) mass is 525 g/mol. The van der Waals surface area contributed by atoms with Gasteiger partial charge in [-0.15, -0.1) is 0 Å². The lowest BCUT2D eigenvalue weighted by Crippen LogP contribution is -2.37. The fourth-order valence-corrected chi connectivity index (χ4v) is 6.61. The van der Waals surface area contributed by atoms with Crippen molar-refractivity contribution in [2.75, 3.05) is 38.6 Å².